The number of amides is 1. The highest BCUT2D eigenvalue weighted by Crippen LogP contribution is 2.15. The zero-order valence-corrected chi connectivity index (χ0v) is 9.09. The van der Waals surface area contributed by atoms with E-state index in [4.69, 9.17) is 0 Å². The van der Waals surface area contributed by atoms with Crippen LogP contribution in [0.15, 0.2) is 30.6 Å². The molecule has 1 aliphatic rings. The van der Waals surface area contributed by atoms with Crippen molar-refractivity contribution in [2.24, 2.45) is 0 Å². The van der Waals surface area contributed by atoms with Gasteiger partial charge in [-0.05, 0) is 18.6 Å². The van der Waals surface area contributed by atoms with Crippen LogP contribution in [0.3, 0.4) is 0 Å². The molecule has 1 aromatic carbocycles. The summed E-state index contributed by atoms with van der Waals surface area (Å²) in [5.74, 6) is -0.183. The first kappa shape index (κ1) is 10.0. The lowest BCUT2D eigenvalue weighted by molar-refractivity contribution is -0.119. The van der Waals surface area contributed by atoms with Crippen molar-refractivity contribution in [2.45, 2.75) is 18.9 Å². The van der Waals surface area contributed by atoms with Crippen molar-refractivity contribution < 1.29 is 9.59 Å². The number of aromatic nitrogens is 2. The second-order valence-corrected chi connectivity index (χ2v) is 4.10. The lowest BCUT2D eigenvalue weighted by atomic mass is 10.2. The molecule has 1 fully saturated rings. The SMILES string of the molecule is O=C1CCC(C(=O)n2cnc3ccccc32)N1. The highest BCUT2D eigenvalue weighted by Gasteiger charge is 2.28. The first-order valence-corrected chi connectivity index (χ1v) is 5.51. The number of rotatable bonds is 1. The average molecular weight is 229 g/mol. The number of hydrogen-bond donors (Lipinski definition) is 1. The molecular formula is C12H11N3O2. The normalized spacial score (nSPS) is 19.5. The summed E-state index contributed by atoms with van der Waals surface area (Å²) in [5.41, 5.74) is 1.56. The molecule has 1 atom stereocenters. The highest BCUT2D eigenvalue weighted by molar-refractivity contribution is 5.96. The van der Waals surface area contributed by atoms with Gasteiger partial charge in [0.15, 0.2) is 0 Å². The van der Waals surface area contributed by atoms with Gasteiger partial charge >= 0.3 is 0 Å². The van der Waals surface area contributed by atoms with Crippen molar-refractivity contribution in [1.29, 1.82) is 0 Å². The molecule has 0 bridgehead atoms. The van der Waals surface area contributed by atoms with Crippen LogP contribution >= 0.6 is 0 Å². The number of carbonyl (C=O) groups is 2. The van der Waals surface area contributed by atoms with Crippen molar-refractivity contribution in [1.82, 2.24) is 14.9 Å². The van der Waals surface area contributed by atoms with Crippen LogP contribution in [0, 0.1) is 0 Å². The number of carbonyl (C=O) groups excluding carboxylic acids is 2. The molecule has 5 heteroatoms. The first-order valence-electron chi connectivity index (χ1n) is 5.51. The van der Waals surface area contributed by atoms with Gasteiger partial charge in [0.1, 0.15) is 12.4 Å². The summed E-state index contributed by atoms with van der Waals surface area (Å²) in [6, 6.07) is 7.02. The molecule has 1 saturated heterocycles. The zero-order chi connectivity index (χ0) is 11.8. The van der Waals surface area contributed by atoms with Gasteiger partial charge in [-0.25, -0.2) is 4.98 Å². The number of benzene rings is 1. The van der Waals surface area contributed by atoms with Crippen molar-refractivity contribution in [3.63, 3.8) is 0 Å². The third-order valence-corrected chi connectivity index (χ3v) is 2.98. The number of para-hydroxylation sites is 2. The lowest BCUT2D eigenvalue weighted by Gasteiger charge is -2.09. The smallest absolute Gasteiger partial charge is 0.254 e. The summed E-state index contributed by atoms with van der Waals surface area (Å²) >= 11 is 0. The van der Waals surface area contributed by atoms with Gasteiger partial charge in [0.2, 0.25) is 5.91 Å². The molecule has 1 aromatic heterocycles. The summed E-state index contributed by atoms with van der Waals surface area (Å²) in [7, 11) is 0. The number of hydrogen-bond acceptors (Lipinski definition) is 3. The Hall–Kier alpha value is -2.17. The van der Waals surface area contributed by atoms with E-state index in [1.165, 1.54) is 10.9 Å². The van der Waals surface area contributed by atoms with Crippen LogP contribution in [0.2, 0.25) is 0 Å². The van der Waals surface area contributed by atoms with Crippen LogP contribution in [0.25, 0.3) is 11.0 Å². The Morgan fingerprint density at radius 2 is 2.24 bits per heavy atom. The van der Waals surface area contributed by atoms with Crippen LogP contribution in [-0.2, 0) is 4.79 Å². The van der Waals surface area contributed by atoms with Crippen molar-refractivity contribution >= 4 is 22.8 Å². The highest BCUT2D eigenvalue weighted by atomic mass is 16.2. The Balaban J connectivity index is 1.98. The molecule has 2 aromatic rings. The second kappa shape index (κ2) is 3.69. The van der Waals surface area contributed by atoms with Gasteiger partial charge in [-0.1, -0.05) is 12.1 Å². The standard InChI is InChI=1S/C12H11N3O2/c16-11-6-5-9(14-11)12(17)15-7-13-8-3-1-2-4-10(8)15/h1-4,7,9H,5-6H2,(H,14,16). The minimum Gasteiger partial charge on any atom is -0.344 e. The van der Waals surface area contributed by atoms with Crippen molar-refractivity contribution in [2.75, 3.05) is 0 Å². The molecule has 5 nitrogen and oxygen atoms in total. The van der Waals surface area contributed by atoms with E-state index >= 15 is 0 Å². The second-order valence-electron chi connectivity index (χ2n) is 4.10. The Kier molecular flexibility index (Phi) is 2.18. The minimum absolute atomic E-state index is 0.0622. The molecule has 86 valence electrons. The van der Waals surface area contributed by atoms with Crippen LogP contribution in [0.5, 0.6) is 0 Å². The third kappa shape index (κ3) is 1.60. The number of fused-ring (bicyclic) bond motifs is 1. The molecule has 0 radical (unpaired) electrons. The first-order chi connectivity index (χ1) is 8.25. The van der Waals surface area contributed by atoms with Gasteiger partial charge in [-0.15, -0.1) is 0 Å². The summed E-state index contributed by atoms with van der Waals surface area (Å²) in [6.45, 7) is 0. The van der Waals surface area contributed by atoms with Crippen molar-refractivity contribution in [3.8, 4) is 0 Å². The Morgan fingerprint density at radius 1 is 1.41 bits per heavy atom. The van der Waals surface area contributed by atoms with Gasteiger partial charge in [0.05, 0.1) is 11.0 Å². The van der Waals surface area contributed by atoms with Gasteiger partial charge in [-0.3, -0.25) is 14.2 Å². The predicted octanol–water partition coefficient (Wildman–Crippen LogP) is 0.955. The molecule has 2 heterocycles. The summed E-state index contributed by atoms with van der Waals surface area (Å²) in [6.07, 6.45) is 2.49. The van der Waals surface area contributed by atoms with E-state index in [1.807, 2.05) is 24.3 Å². The fraction of sp³-hybridized carbons (Fsp3) is 0.250. The summed E-state index contributed by atoms with van der Waals surface area (Å²) in [4.78, 5) is 27.4. The molecule has 0 aliphatic carbocycles. The van der Waals surface area contributed by atoms with Crippen LogP contribution in [0.1, 0.15) is 17.6 Å². The number of nitrogens with zero attached hydrogens (tertiary/aromatic N) is 2. The zero-order valence-electron chi connectivity index (χ0n) is 9.09. The third-order valence-electron chi connectivity index (χ3n) is 2.98. The fourth-order valence-electron chi connectivity index (χ4n) is 2.10. The molecule has 3 rings (SSSR count). The van der Waals surface area contributed by atoms with E-state index in [-0.39, 0.29) is 11.8 Å². The largest absolute Gasteiger partial charge is 0.344 e. The number of nitrogens with one attached hydrogen (secondary N) is 1. The van der Waals surface area contributed by atoms with Crippen LogP contribution in [-0.4, -0.2) is 27.4 Å². The summed E-state index contributed by atoms with van der Waals surface area (Å²) < 4.78 is 1.51. The van der Waals surface area contributed by atoms with Gasteiger partial charge in [0.25, 0.3) is 5.91 Å². The van der Waals surface area contributed by atoms with E-state index in [1.54, 1.807) is 0 Å². The fourth-order valence-corrected chi connectivity index (χ4v) is 2.10. The maximum absolute atomic E-state index is 12.2. The van der Waals surface area contributed by atoms with Crippen LogP contribution < -0.4 is 5.32 Å². The van der Waals surface area contributed by atoms with E-state index in [9.17, 15) is 9.59 Å². The maximum Gasteiger partial charge on any atom is 0.254 e. The molecule has 1 unspecified atom stereocenters. The van der Waals surface area contributed by atoms with Crippen LogP contribution in [0.4, 0.5) is 0 Å². The minimum atomic E-state index is -0.417. The topological polar surface area (TPSA) is 64.0 Å². The van der Waals surface area contributed by atoms with E-state index in [0.29, 0.717) is 12.8 Å². The Morgan fingerprint density at radius 3 is 3.00 bits per heavy atom. The van der Waals surface area contributed by atoms with Gasteiger partial charge in [-0.2, -0.15) is 0 Å². The monoisotopic (exact) mass is 229 g/mol. The maximum atomic E-state index is 12.2. The van der Waals surface area contributed by atoms with Crippen molar-refractivity contribution in [3.05, 3.63) is 30.6 Å². The quantitative estimate of drug-likeness (QED) is 0.792. The molecule has 0 spiro atoms. The molecule has 1 aliphatic heterocycles. The molecule has 0 saturated carbocycles. The lowest BCUT2D eigenvalue weighted by Crippen LogP contribution is -2.36. The van der Waals surface area contributed by atoms with Gasteiger partial charge in [0, 0.05) is 6.42 Å². The van der Waals surface area contributed by atoms with E-state index in [0.717, 1.165) is 11.0 Å². The van der Waals surface area contributed by atoms with Gasteiger partial charge < -0.3 is 5.32 Å². The van der Waals surface area contributed by atoms with E-state index < -0.39 is 6.04 Å². The molecule has 17 heavy (non-hydrogen) atoms. The predicted molar refractivity (Wildman–Crippen MR) is 61.5 cm³/mol. The average Bonchev–Trinajstić information content (AvgIpc) is 2.94. The number of imidazole rings is 1. The molecule has 1 N–H and O–H groups in total. The van der Waals surface area contributed by atoms with E-state index in [2.05, 4.69) is 10.3 Å². The Bertz CT molecular complexity index is 603. The Labute approximate surface area is 97.4 Å². The molecular weight excluding hydrogens is 218 g/mol. The summed E-state index contributed by atoms with van der Waals surface area (Å²) in [5, 5.41) is 2.67. The molecule has 1 amide bonds.